The van der Waals surface area contributed by atoms with Gasteiger partial charge in [-0.1, -0.05) is 133 Å². The number of fused-ring (bicyclic) bond motifs is 13. The summed E-state index contributed by atoms with van der Waals surface area (Å²) in [7, 11) is 0. The summed E-state index contributed by atoms with van der Waals surface area (Å²) in [6.45, 7) is 9.31. The van der Waals surface area contributed by atoms with E-state index in [1.165, 1.54) is 10.1 Å². The van der Waals surface area contributed by atoms with Crippen LogP contribution in [0.5, 0.6) is 0 Å². The molecule has 10 aromatic carbocycles. The van der Waals surface area contributed by atoms with E-state index >= 15 is 0 Å². The third kappa shape index (κ3) is 4.73. The smallest absolute Gasteiger partial charge is 0.220 e. The first kappa shape index (κ1) is 36.9. The number of hydrogen-bond acceptors (Lipinski definition) is 5. The van der Waals surface area contributed by atoms with Crippen LogP contribution in [0.4, 0.5) is 5.69 Å². The Morgan fingerprint density at radius 1 is 0.515 bits per heavy atom. The van der Waals surface area contributed by atoms with E-state index in [1.54, 1.807) is 23.7 Å². The van der Waals surface area contributed by atoms with E-state index in [4.69, 9.17) is 14.4 Å². The van der Waals surface area contributed by atoms with E-state index in [2.05, 4.69) is 129 Å². The van der Waals surface area contributed by atoms with Gasteiger partial charge in [0, 0.05) is 88.1 Å². The van der Waals surface area contributed by atoms with Crippen molar-refractivity contribution in [2.24, 2.45) is 0 Å². The lowest BCUT2D eigenvalue weighted by atomic mass is 9.88. The number of hydrogen-bond donors (Lipinski definition) is 0. The molecule has 0 N–H and O–H groups in total. The van der Waals surface area contributed by atoms with Crippen LogP contribution in [0.25, 0.3) is 146 Å². The molecular formula is C60H30N6OS. The minimum Gasteiger partial charge on any atom is -0.456 e. The van der Waals surface area contributed by atoms with Gasteiger partial charge in [0.1, 0.15) is 17.2 Å². The zero-order valence-corrected chi connectivity index (χ0v) is 36.6. The van der Waals surface area contributed by atoms with Crippen molar-refractivity contribution in [2.45, 2.75) is 0 Å². The molecule has 68 heavy (non-hydrogen) atoms. The predicted molar refractivity (Wildman–Crippen MR) is 279 cm³/mol. The maximum absolute atomic E-state index is 12.0. The van der Waals surface area contributed by atoms with Gasteiger partial charge in [-0.2, -0.15) is 5.26 Å². The average molecular weight is 883 g/mol. The molecule has 0 aliphatic heterocycles. The predicted octanol–water partition coefficient (Wildman–Crippen LogP) is 16.4. The molecule has 0 amide bonds. The van der Waals surface area contributed by atoms with Crippen molar-refractivity contribution in [3.63, 3.8) is 0 Å². The molecule has 0 atom stereocenters. The summed E-state index contributed by atoms with van der Waals surface area (Å²) < 4.78 is 13.6. The van der Waals surface area contributed by atoms with E-state index in [1.807, 2.05) is 60.7 Å². The van der Waals surface area contributed by atoms with Crippen LogP contribution in [-0.4, -0.2) is 19.1 Å². The maximum Gasteiger partial charge on any atom is 0.220 e. The van der Waals surface area contributed by atoms with Gasteiger partial charge in [0.25, 0.3) is 0 Å². The highest BCUT2D eigenvalue weighted by molar-refractivity contribution is 7.26. The molecule has 0 saturated carbocycles. The molecule has 8 heteroatoms. The van der Waals surface area contributed by atoms with Crippen molar-refractivity contribution in [1.82, 2.24) is 19.1 Å². The van der Waals surface area contributed by atoms with Crippen LogP contribution in [0.1, 0.15) is 5.56 Å². The summed E-state index contributed by atoms with van der Waals surface area (Å²) in [5, 5.41) is 22.6. The average Bonchev–Trinajstić information content (AvgIpc) is 4.15. The summed E-state index contributed by atoms with van der Waals surface area (Å²) in [5.41, 5.74) is 12.1. The fraction of sp³-hybridized carbons (Fsp3) is 0. The summed E-state index contributed by atoms with van der Waals surface area (Å²) in [4.78, 5) is 14.3. The number of benzene rings is 10. The first-order valence-corrected chi connectivity index (χ1v) is 23.2. The van der Waals surface area contributed by atoms with Gasteiger partial charge in [-0.05, 0) is 41.5 Å². The molecule has 0 bridgehead atoms. The molecule has 0 unspecified atom stereocenters. The Morgan fingerprint density at radius 3 is 1.82 bits per heavy atom. The largest absolute Gasteiger partial charge is 0.456 e. The van der Waals surface area contributed by atoms with Crippen LogP contribution in [0.2, 0.25) is 0 Å². The number of nitrogens with zero attached hydrogens (tertiary/aromatic N) is 6. The molecule has 0 aliphatic rings. The molecule has 0 radical (unpaired) electrons. The molecule has 312 valence electrons. The molecule has 5 heterocycles. The van der Waals surface area contributed by atoms with Gasteiger partial charge in [0.2, 0.25) is 5.69 Å². The lowest BCUT2D eigenvalue weighted by molar-refractivity contribution is 0.669. The van der Waals surface area contributed by atoms with Gasteiger partial charge in [0.15, 0.2) is 0 Å². The Bertz CT molecular complexity index is 4670. The monoisotopic (exact) mass is 882 g/mol. The third-order valence-electron chi connectivity index (χ3n) is 14.0. The molecule has 0 spiro atoms. The van der Waals surface area contributed by atoms with Crippen molar-refractivity contribution >= 4 is 125 Å². The molecule has 0 aliphatic carbocycles. The van der Waals surface area contributed by atoms with Gasteiger partial charge in [-0.3, -0.25) is 9.97 Å². The fourth-order valence-corrected chi connectivity index (χ4v) is 12.6. The molecule has 0 fully saturated rings. The van der Waals surface area contributed by atoms with E-state index < -0.39 is 0 Å². The topological polar surface area (TPSA) is 76.9 Å². The van der Waals surface area contributed by atoms with Crippen LogP contribution in [0, 0.1) is 17.9 Å². The Kier molecular flexibility index (Phi) is 7.39. The molecule has 7 nitrogen and oxygen atoms in total. The van der Waals surface area contributed by atoms with E-state index in [0.717, 1.165) is 114 Å². The Balaban J connectivity index is 1.24. The summed E-state index contributed by atoms with van der Waals surface area (Å²) in [5.74, 6) is 0. The quantitative estimate of drug-likeness (QED) is 0.130. The fourth-order valence-electron chi connectivity index (χ4n) is 11.3. The van der Waals surface area contributed by atoms with Crippen molar-refractivity contribution in [2.75, 3.05) is 0 Å². The zero-order valence-electron chi connectivity index (χ0n) is 35.8. The normalized spacial score (nSPS) is 12.1. The van der Waals surface area contributed by atoms with Crippen LogP contribution in [0.3, 0.4) is 0 Å². The highest BCUT2D eigenvalue weighted by Gasteiger charge is 2.33. The number of thiophene rings is 1. The molecule has 5 aromatic heterocycles. The van der Waals surface area contributed by atoms with Gasteiger partial charge >= 0.3 is 0 Å². The first-order chi connectivity index (χ1) is 33.7. The lowest BCUT2D eigenvalue weighted by Crippen LogP contribution is -2.08. The number of nitriles is 1. The molecule has 0 saturated heterocycles. The van der Waals surface area contributed by atoms with Crippen molar-refractivity contribution in [3.8, 4) is 39.7 Å². The Labute approximate surface area is 390 Å². The van der Waals surface area contributed by atoms with Gasteiger partial charge in [-0.25, -0.2) is 4.85 Å². The van der Waals surface area contributed by atoms with E-state index in [9.17, 15) is 11.8 Å². The second kappa shape index (κ2) is 13.6. The minimum absolute atomic E-state index is 0.380. The SMILES string of the molecule is [C-]#[N+]c1c(-c2ccccc2)c(C#N)c(-n2c3cc4oc5ccccc5c4cc3c3ccc4c5ccccc5sc4c32)c(-c2ccccc2)c1-n1c2cccc3c4nccnc4c4cccc1c4c32. The summed E-state index contributed by atoms with van der Waals surface area (Å²) in [6, 6.07) is 61.4. The highest BCUT2D eigenvalue weighted by Crippen LogP contribution is 2.54. The van der Waals surface area contributed by atoms with Crippen LogP contribution in [-0.2, 0) is 0 Å². The lowest BCUT2D eigenvalue weighted by Gasteiger charge is -2.25. The van der Waals surface area contributed by atoms with E-state index in [-0.39, 0.29) is 0 Å². The number of furan rings is 1. The summed E-state index contributed by atoms with van der Waals surface area (Å²) in [6.07, 6.45) is 3.50. The second-order valence-corrected chi connectivity index (χ2v) is 18.4. The molecular weight excluding hydrogens is 853 g/mol. The molecule has 15 aromatic rings. The number of aromatic nitrogens is 4. The van der Waals surface area contributed by atoms with Crippen LogP contribution < -0.4 is 0 Å². The third-order valence-corrected chi connectivity index (χ3v) is 15.2. The van der Waals surface area contributed by atoms with Crippen LogP contribution >= 0.6 is 11.3 Å². The van der Waals surface area contributed by atoms with Gasteiger partial charge in [0.05, 0.1) is 61.3 Å². The Morgan fingerprint density at radius 2 is 1.13 bits per heavy atom. The second-order valence-electron chi connectivity index (χ2n) is 17.4. The van der Waals surface area contributed by atoms with Gasteiger partial charge < -0.3 is 13.6 Å². The highest BCUT2D eigenvalue weighted by atomic mass is 32.1. The van der Waals surface area contributed by atoms with E-state index in [0.29, 0.717) is 28.2 Å². The maximum atomic E-state index is 12.0. The number of rotatable bonds is 4. The van der Waals surface area contributed by atoms with Crippen LogP contribution in [0.15, 0.2) is 187 Å². The van der Waals surface area contributed by atoms with Crippen molar-refractivity contribution in [3.05, 3.63) is 199 Å². The standard InChI is InChI=1S/C60H30N6OS/c1-62-56-50(33-14-4-2-5-15-33)43(32-61)57(51(34-16-6-3-7-17-34)59(56)65-44-22-12-20-39-52(44)53-40(21-13-23-45(53)65)55-54(39)63-28-29-64-55)66-46-31-48-42(35-18-8-10-24-47(35)67-48)30-41(46)37-26-27-38-36-19-9-11-25-49(36)68-60(38)58(37)66/h2-31H. The number of para-hydroxylation sites is 1. The van der Waals surface area contributed by atoms with Crippen molar-refractivity contribution < 1.29 is 4.42 Å². The Hall–Kier alpha value is -9.34. The minimum atomic E-state index is 0.380. The summed E-state index contributed by atoms with van der Waals surface area (Å²) >= 11 is 1.76. The van der Waals surface area contributed by atoms with Crippen molar-refractivity contribution in [1.29, 1.82) is 5.26 Å². The molecule has 15 rings (SSSR count). The van der Waals surface area contributed by atoms with Gasteiger partial charge in [-0.15, -0.1) is 11.3 Å². The first-order valence-electron chi connectivity index (χ1n) is 22.4. The zero-order chi connectivity index (χ0) is 44.8.